The van der Waals surface area contributed by atoms with Gasteiger partial charge >= 0.3 is 15.5 Å². The second kappa shape index (κ2) is 13.0. The number of ether oxygens (including phenoxy) is 2. The Kier molecular flexibility index (Phi) is 12.8. The number of alkyl halides is 3. The first-order chi connectivity index (χ1) is 12.2. The molecule has 1 saturated heterocycles. The highest BCUT2D eigenvalue weighted by molar-refractivity contribution is 14.0. The standard InChI is InChI=1S/C14H27F3N4O4S.HI/c1-18-13(19-6-3-9-25-11-10-24-2)20-12-4-7-21(8-5-12)26(22,23)14(15,16)17;/h12H,3-11H2,1-2H3,(H2,18,19,20);1H. The van der Waals surface area contributed by atoms with Crippen molar-refractivity contribution < 1.29 is 31.1 Å². The van der Waals surface area contributed by atoms with Crippen molar-refractivity contribution in [2.45, 2.75) is 30.8 Å². The minimum atomic E-state index is -5.25. The van der Waals surface area contributed by atoms with Gasteiger partial charge < -0.3 is 20.1 Å². The predicted octanol–water partition coefficient (Wildman–Crippen LogP) is 1.14. The maximum absolute atomic E-state index is 12.6. The lowest BCUT2D eigenvalue weighted by Gasteiger charge is -2.32. The maximum Gasteiger partial charge on any atom is 0.511 e. The van der Waals surface area contributed by atoms with E-state index in [-0.39, 0.29) is 55.9 Å². The summed E-state index contributed by atoms with van der Waals surface area (Å²) in [5.41, 5.74) is -5.25. The largest absolute Gasteiger partial charge is 0.511 e. The second-order valence-electron chi connectivity index (χ2n) is 5.73. The molecule has 0 amide bonds. The molecule has 0 aromatic heterocycles. The third kappa shape index (κ3) is 9.11. The molecule has 1 rings (SSSR count). The van der Waals surface area contributed by atoms with Gasteiger partial charge in [0.05, 0.1) is 13.2 Å². The molecule has 8 nitrogen and oxygen atoms in total. The first-order valence-corrected chi connectivity index (χ1v) is 9.76. The lowest BCUT2D eigenvalue weighted by molar-refractivity contribution is -0.0494. The van der Waals surface area contributed by atoms with Crippen molar-refractivity contribution in [3.8, 4) is 0 Å². The van der Waals surface area contributed by atoms with E-state index in [9.17, 15) is 21.6 Å². The van der Waals surface area contributed by atoms with Crippen molar-refractivity contribution in [1.82, 2.24) is 14.9 Å². The topological polar surface area (TPSA) is 92.3 Å². The zero-order valence-corrected chi connectivity index (χ0v) is 18.6. The van der Waals surface area contributed by atoms with Crippen LogP contribution in [0, 0.1) is 0 Å². The van der Waals surface area contributed by atoms with E-state index in [4.69, 9.17) is 9.47 Å². The van der Waals surface area contributed by atoms with Gasteiger partial charge in [0.15, 0.2) is 5.96 Å². The van der Waals surface area contributed by atoms with Gasteiger partial charge in [-0.25, -0.2) is 8.42 Å². The second-order valence-corrected chi connectivity index (χ2v) is 7.66. The van der Waals surface area contributed by atoms with Crippen LogP contribution >= 0.6 is 24.0 Å². The van der Waals surface area contributed by atoms with Gasteiger partial charge in [0, 0.05) is 46.4 Å². The quantitative estimate of drug-likeness (QED) is 0.200. The van der Waals surface area contributed by atoms with Crippen LogP contribution in [0.15, 0.2) is 4.99 Å². The summed E-state index contributed by atoms with van der Waals surface area (Å²) in [6, 6.07) is -0.140. The summed E-state index contributed by atoms with van der Waals surface area (Å²) in [4.78, 5) is 4.06. The normalized spacial score (nSPS) is 17.4. The number of nitrogens with one attached hydrogen (secondary N) is 2. The van der Waals surface area contributed by atoms with E-state index in [1.807, 2.05) is 0 Å². The predicted molar refractivity (Wildman–Crippen MR) is 107 cm³/mol. The molecular formula is C14H28F3IN4O4S. The van der Waals surface area contributed by atoms with Crippen LogP contribution in [0.1, 0.15) is 19.3 Å². The lowest BCUT2D eigenvalue weighted by atomic mass is 10.1. The van der Waals surface area contributed by atoms with Crippen molar-refractivity contribution >= 4 is 40.0 Å². The zero-order chi connectivity index (χ0) is 19.6. The third-order valence-corrected chi connectivity index (χ3v) is 5.47. The number of aliphatic imine (C=N–C) groups is 1. The van der Waals surface area contributed by atoms with Crippen LogP contribution in [0.2, 0.25) is 0 Å². The van der Waals surface area contributed by atoms with Gasteiger partial charge in [-0.3, -0.25) is 4.99 Å². The average molecular weight is 532 g/mol. The Labute approximate surface area is 175 Å². The number of rotatable bonds is 9. The van der Waals surface area contributed by atoms with Crippen LogP contribution in [0.25, 0.3) is 0 Å². The van der Waals surface area contributed by atoms with E-state index in [2.05, 4.69) is 15.6 Å². The SMILES string of the molecule is CN=C(NCCCOCCOC)NC1CCN(S(=O)(=O)C(F)(F)F)CC1.I. The van der Waals surface area contributed by atoms with E-state index in [0.717, 1.165) is 6.42 Å². The van der Waals surface area contributed by atoms with Gasteiger partial charge in [0.1, 0.15) is 0 Å². The Morgan fingerprint density at radius 3 is 2.37 bits per heavy atom. The molecule has 0 aromatic carbocycles. The Morgan fingerprint density at radius 2 is 1.85 bits per heavy atom. The summed E-state index contributed by atoms with van der Waals surface area (Å²) >= 11 is 0. The Balaban J connectivity index is 0.00000676. The van der Waals surface area contributed by atoms with Crippen molar-refractivity contribution in [3.63, 3.8) is 0 Å². The molecule has 0 spiro atoms. The van der Waals surface area contributed by atoms with Crippen molar-refractivity contribution in [2.75, 3.05) is 53.6 Å². The summed E-state index contributed by atoms with van der Waals surface area (Å²) in [7, 11) is -2.06. The first kappa shape index (κ1) is 26.6. The molecule has 1 aliphatic rings. The van der Waals surface area contributed by atoms with E-state index in [0.29, 0.717) is 36.6 Å². The molecule has 0 saturated carbocycles. The number of hydrogen-bond acceptors (Lipinski definition) is 5. The molecule has 162 valence electrons. The van der Waals surface area contributed by atoms with Gasteiger partial charge in [-0.2, -0.15) is 17.5 Å². The highest BCUT2D eigenvalue weighted by Crippen LogP contribution is 2.28. The summed E-state index contributed by atoms with van der Waals surface area (Å²) in [6.07, 6.45) is 1.30. The van der Waals surface area contributed by atoms with Crippen LogP contribution < -0.4 is 10.6 Å². The fourth-order valence-electron chi connectivity index (χ4n) is 2.40. The summed E-state index contributed by atoms with van der Waals surface area (Å²) in [5, 5.41) is 6.19. The van der Waals surface area contributed by atoms with Crippen LogP contribution in [-0.4, -0.2) is 83.8 Å². The van der Waals surface area contributed by atoms with Gasteiger partial charge in [0.25, 0.3) is 0 Å². The number of hydrogen-bond donors (Lipinski definition) is 2. The van der Waals surface area contributed by atoms with Crippen molar-refractivity contribution in [3.05, 3.63) is 0 Å². The maximum atomic E-state index is 12.6. The summed E-state index contributed by atoms with van der Waals surface area (Å²) < 4.78 is 71.1. The molecule has 27 heavy (non-hydrogen) atoms. The van der Waals surface area contributed by atoms with Crippen molar-refractivity contribution in [2.24, 2.45) is 4.99 Å². The fourth-order valence-corrected chi connectivity index (χ4v) is 3.38. The number of sulfonamides is 1. The van der Waals surface area contributed by atoms with Gasteiger partial charge in [-0.1, -0.05) is 0 Å². The fraction of sp³-hybridized carbons (Fsp3) is 0.929. The molecule has 0 bridgehead atoms. The van der Waals surface area contributed by atoms with Crippen molar-refractivity contribution in [1.29, 1.82) is 0 Å². The van der Waals surface area contributed by atoms with Gasteiger partial charge in [0.2, 0.25) is 0 Å². The highest BCUT2D eigenvalue weighted by atomic mass is 127. The Morgan fingerprint density at radius 1 is 1.22 bits per heavy atom. The molecule has 2 N–H and O–H groups in total. The van der Waals surface area contributed by atoms with Gasteiger partial charge in [-0.15, -0.1) is 24.0 Å². The Bertz CT molecular complexity index is 541. The molecular weight excluding hydrogens is 504 g/mol. The van der Waals surface area contributed by atoms with E-state index in [1.54, 1.807) is 14.2 Å². The highest BCUT2D eigenvalue weighted by Gasteiger charge is 2.50. The van der Waals surface area contributed by atoms with E-state index < -0.39 is 15.5 Å². The van der Waals surface area contributed by atoms with E-state index >= 15 is 0 Å². The zero-order valence-electron chi connectivity index (χ0n) is 15.4. The lowest BCUT2D eigenvalue weighted by Crippen LogP contribution is -2.51. The molecule has 0 radical (unpaired) electrons. The molecule has 0 aromatic rings. The Hall–Kier alpha value is -0.380. The monoisotopic (exact) mass is 532 g/mol. The number of piperidine rings is 1. The minimum Gasteiger partial charge on any atom is -0.382 e. The van der Waals surface area contributed by atoms with Gasteiger partial charge in [-0.05, 0) is 19.3 Å². The number of methoxy groups -OCH3 is 1. The summed E-state index contributed by atoms with van der Waals surface area (Å²) in [6.45, 7) is 1.91. The molecule has 1 aliphatic heterocycles. The molecule has 0 unspecified atom stereocenters. The molecule has 1 heterocycles. The number of nitrogens with zero attached hydrogens (tertiary/aromatic N) is 2. The van der Waals surface area contributed by atoms with Crippen LogP contribution in [0.3, 0.4) is 0 Å². The summed E-state index contributed by atoms with van der Waals surface area (Å²) in [5.74, 6) is 0.527. The minimum absolute atomic E-state index is 0. The van der Waals surface area contributed by atoms with Crippen LogP contribution in [-0.2, 0) is 19.5 Å². The van der Waals surface area contributed by atoms with E-state index in [1.165, 1.54) is 0 Å². The molecule has 13 heteroatoms. The molecule has 1 fully saturated rings. The third-order valence-electron chi connectivity index (χ3n) is 3.84. The van der Waals surface area contributed by atoms with Crippen LogP contribution in [0.5, 0.6) is 0 Å². The number of halogens is 4. The smallest absolute Gasteiger partial charge is 0.382 e. The first-order valence-electron chi connectivity index (χ1n) is 8.32. The molecule has 0 atom stereocenters. The number of guanidine groups is 1. The average Bonchev–Trinajstić information content (AvgIpc) is 2.59. The van der Waals surface area contributed by atoms with Crippen LogP contribution in [0.4, 0.5) is 13.2 Å². The molecule has 0 aliphatic carbocycles.